The Bertz CT molecular complexity index is 1480. The number of benzene rings is 4. The van der Waals surface area contributed by atoms with Gasteiger partial charge >= 0.3 is 0 Å². The second kappa shape index (κ2) is 12.2. The Morgan fingerprint density at radius 2 is 1.33 bits per heavy atom. The van der Waals surface area contributed by atoms with Gasteiger partial charge in [0.2, 0.25) is 0 Å². The number of amides is 1. The third kappa shape index (κ3) is 6.32. The van der Waals surface area contributed by atoms with Crippen molar-refractivity contribution in [3.63, 3.8) is 0 Å². The zero-order valence-electron chi connectivity index (χ0n) is 21.9. The van der Waals surface area contributed by atoms with Crippen molar-refractivity contribution in [2.45, 2.75) is 37.2 Å². The molecule has 4 aromatic rings. The molecule has 4 aromatic carbocycles. The summed E-state index contributed by atoms with van der Waals surface area (Å²) in [5, 5.41) is 2.99. The van der Waals surface area contributed by atoms with E-state index in [0.717, 1.165) is 24.2 Å². The van der Waals surface area contributed by atoms with E-state index in [-0.39, 0.29) is 17.3 Å². The van der Waals surface area contributed by atoms with Gasteiger partial charge in [-0.15, -0.1) is 0 Å². The minimum atomic E-state index is -3.94. The van der Waals surface area contributed by atoms with Gasteiger partial charge in [-0.05, 0) is 66.8 Å². The molecule has 1 N–H and O–H groups in total. The molecule has 0 unspecified atom stereocenters. The first-order chi connectivity index (χ1) is 19.0. The first kappa shape index (κ1) is 26.5. The normalized spacial score (nSPS) is 13.6. The summed E-state index contributed by atoms with van der Waals surface area (Å²) in [6.45, 7) is 2.61. The van der Waals surface area contributed by atoms with Gasteiger partial charge in [-0.2, -0.15) is 0 Å². The molecule has 1 saturated heterocycles. The van der Waals surface area contributed by atoms with Crippen molar-refractivity contribution >= 4 is 27.3 Å². The summed E-state index contributed by atoms with van der Waals surface area (Å²) in [7, 11) is -3.94. The van der Waals surface area contributed by atoms with Gasteiger partial charge in [0.1, 0.15) is 0 Å². The number of hydrogen-bond donors (Lipinski definition) is 1. The fourth-order valence-electron chi connectivity index (χ4n) is 4.91. The molecular weight excluding hydrogens is 506 g/mol. The molecule has 0 aliphatic carbocycles. The summed E-state index contributed by atoms with van der Waals surface area (Å²) in [5.41, 5.74) is 3.65. The van der Waals surface area contributed by atoms with Crippen LogP contribution in [0.15, 0.2) is 114 Å². The number of nitrogens with zero attached hydrogens (tertiary/aromatic N) is 2. The van der Waals surface area contributed by atoms with Gasteiger partial charge in [-0.25, -0.2) is 8.42 Å². The van der Waals surface area contributed by atoms with E-state index in [0.29, 0.717) is 17.8 Å². The lowest BCUT2D eigenvalue weighted by Gasteiger charge is -2.29. The Balaban J connectivity index is 1.39. The number of nitrogens with one attached hydrogen (secondary N) is 1. The lowest BCUT2D eigenvalue weighted by atomic mass is 10.1. The Morgan fingerprint density at radius 1 is 0.718 bits per heavy atom. The molecular formula is C32H33N3O3S. The number of piperidine rings is 1. The Kier molecular flexibility index (Phi) is 8.27. The molecule has 39 heavy (non-hydrogen) atoms. The number of hydrogen-bond acceptors (Lipinski definition) is 4. The van der Waals surface area contributed by atoms with Crippen molar-refractivity contribution in [1.29, 1.82) is 0 Å². The summed E-state index contributed by atoms with van der Waals surface area (Å²) in [6, 6.07) is 32.9. The molecule has 0 spiro atoms. The van der Waals surface area contributed by atoms with E-state index >= 15 is 0 Å². The SMILES string of the molecule is O=C(NCc1ccc(N2CCCCC2)cc1)c1ccccc1N(Cc1ccccc1)S(=O)(=O)c1ccccc1. The number of rotatable bonds is 9. The molecule has 1 aliphatic rings. The van der Waals surface area contributed by atoms with Crippen LogP contribution in [0.3, 0.4) is 0 Å². The smallest absolute Gasteiger partial charge is 0.264 e. The Labute approximate surface area is 231 Å². The highest BCUT2D eigenvalue weighted by atomic mass is 32.2. The summed E-state index contributed by atoms with van der Waals surface area (Å²) in [5.74, 6) is -0.327. The predicted molar refractivity (Wildman–Crippen MR) is 156 cm³/mol. The van der Waals surface area contributed by atoms with E-state index in [1.54, 1.807) is 54.6 Å². The van der Waals surface area contributed by atoms with Crippen LogP contribution >= 0.6 is 0 Å². The topological polar surface area (TPSA) is 69.7 Å². The molecule has 0 aromatic heterocycles. The number of para-hydroxylation sites is 1. The van der Waals surface area contributed by atoms with E-state index in [1.165, 1.54) is 29.3 Å². The van der Waals surface area contributed by atoms with Crippen LogP contribution in [0.25, 0.3) is 0 Å². The molecule has 1 amide bonds. The van der Waals surface area contributed by atoms with Crippen molar-refractivity contribution < 1.29 is 13.2 Å². The van der Waals surface area contributed by atoms with E-state index < -0.39 is 10.0 Å². The second-order valence-corrected chi connectivity index (χ2v) is 11.6. The van der Waals surface area contributed by atoms with Gasteiger partial charge in [0.15, 0.2) is 0 Å². The van der Waals surface area contributed by atoms with Crippen LogP contribution in [0.5, 0.6) is 0 Å². The van der Waals surface area contributed by atoms with Crippen molar-refractivity contribution in [3.8, 4) is 0 Å². The van der Waals surface area contributed by atoms with Crippen molar-refractivity contribution in [2.24, 2.45) is 0 Å². The maximum atomic E-state index is 13.8. The zero-order valence-corrected chi connectivity index (χ0v) is 22.7. The second-order valence-electron chi connectivity index (χ2n) is 9.72. The number of sulfonamides is 1. The van der Waals surface area contributed by atoms with Gasteiger partial charge in [-0.1, -0.05) is 72.8 Å². The predicted octanol–water partition coefficient (Wildman–Crippen LogP) is 6.00. The molecule has 1 aliphatic heterocycles. The van der Waals surface area contributed by atoms with Crippen LogP contribution < -0.4 is 14.5 Å². The third-order valence-electron chi connectivity index (χ3n) is 7.03. The fourth-order valence-corrected chi connectivity index (χ4v) is 6.40. The van der Waals surface area contributed by atoms with Crippen LogP contribution in [-0.4, -0.2) is 27.4 Å². The largest absolute Gasteiger partial charge is 0.372 e. The van der Waals surface area contributed by atoms with Gasteiger partial charge in [0, 0.05) is 25.3 Å². The highest BCUT2D eigenvalue weighted by Gasteiger charge is 2.28. The van der Waals surface area contributed by atoms with Gasteiger partial charge < -0.3 is 10.2 Å². The monoisotopic (exact) mass is 539 g/mol. The van der Waals surface area contributed by atoms with Gasteiger partial charge in [-0.3, -0.25) is 9.10 Å². The molecule has 7 heteroatoms. The minimum absolute atomic E-state index is 0.0975. The standard InChI is InChI=1S/C32H33N3O3S/c36-32(33-24-26-18-20-28(21-19-26)34-22-10-3-11-23-34)30-16-8-9-17-31(30)35(25-27-12-4-1-5-13-27)39(37,38)29-14-6-2-7-15-29/h1-2,4-9,12-21H,3,10-11,22-25H2,(H,33,36). The summed E-state index contributed by atoms with van der Waals surface area (Å²) < 4.78 is 29.0. The van der Waals surface area contributed by atoms with E-state index in [4.69, 9.17) is 0 Å². The Morgan fingerprint density at radius 3 is 2.03 bits per heavy atom. The average molecular weight is 540 g/mol. The first-order valence-electron chi connectivity index (χ1n) is 13.4. The van der Waals surface area contributed by atoms with Crippen LogP contribution in [0.4, 0.5) is 11.4 Å². The number of anilines is 2. The van der Waals surface area contributed by atoms with Gasteiger partial charge in [0.25, 0.3) is 15.9 Å². The van der Waals surface area contributed by atoms with Crippen LogP contribution in [0.2, 0.25) is 0 Å². The van der Waals surface area contributed by atoms with Gasteiger partial charge in [0.05, 0.1) is 22.7 Å². The van der Waals surface area contributed by atoms with Crippen LogP contribution in [0.1, 0.15) is 40.7 Å². The van der Waals surface area contributed by atoms with Crippen LogP contribution in [0, 0.1) is 0 Å². The zero-order chi connectivity index (χ0) is 27.1. The molecule has 1 heterocycles. The molecule has 5 rings (SSSR count). The molecule has 0 atom stereocenters. The van der Waals surface area contributed by atoms with E-state index in [2.05, 4.69) is 22.3 Å². The molecule has 0 saturated carbocycles. The van der Waals surface area contributed by atoms with Crippen LogP contribution in [-0.2, 0) is 23.1 Å². The summed E-state index contributed by atoms with van der Waals surface area (Å²) >= 11 is 0. The lowest BCUT2D eigenvalue weighted by Crippen LogP contribution is -2.33. The Hall–Kier alpha value is -4.10. The molecule has 6 nitrogen and oxygen atoms in total. The van der Waals surface area contributed by atoms with Crippen molar-refractivity contribution in [1.82, 2.24) is 5.32 Å². The van der Waals surface area contributed by atoms with E-state index in [9.17, 15) is 13.2 Å². The maximum absolute atomic E-state index is 13.8. The summed E-state index contributed by atoms with van der Waals surface area (Å²) in [4.78, 5) is 16.0. The fraction of sp³-hybridized carbons (Fsp3) is 0.219. The quantitative estimate of drug-likeness (QED) is 0.283. The molecule has 0 radical (unpaired) electrons. The average Bonchev–Trinajstić information content (AvgIpc) is 3.00. The lowest BCUT2D eigenvalue weighted by molar-refractivity contribution is 0.0951. The summed E-state index contributed by atoms with van der Waals surface area (Å²) in [6.07, 6.45) is 3.73. The molecule has 200 valence electrons. The number of carbonyl (C=O) groups excluding carboxylic acids is 1. The third-order valence-corrected chi connectivity index (χ3v) is 8.80. The maximum Gasteiger partial charge on any atom is 0.264 e. The molecule has 1 fully saturated rings. The van der Waals surface area contributed by atoms with Crippen molar-refractivity contribution in [2.75, 3.05) is 22.3 Å². The highest BCUT2D eigenvalue weighted by Crippen LogP contribution is 2.29. The highest BCUT2D eigenvalue weighted by molar-refractivity contribution is 7.92. The first-order valence-corrected chi connectivity index (χ1v) is 14.8. The van der Waals surface area contributed by atoms with Crippen molar-refractivity contribution in [3.05, 3.63) is 126 Å². The molecule has 0 bridgehead atoms. The number of carbonyl (C=O) groups is 1. The van der Waals surface area contributed by atoms with E-state index in [1.807, 2.05) is 42.5 Å². The minimum Gasteiger partial charge on any atom is -0.372 e.